The molecule has 0 aliphatic carbocycles. The van der Waals surface area contributed by atoms with E-state index in [1.807, 2.05) is 12.1 Å². The number of aliphatic hydroxyl groups excluding tert-OH is 1. The fraction of sp³-hybridized carbons (Fsp3) is 0.133. The molecule has 2 rings (SSSR count). The first-order chi connectivity index (χ1) is 10.0. The highest BCUT2D eigenvalue weighted by Gasteiger charge is 2.13. The Morgan fingerprint density at radius 2 is 1.95 bits per heavy atom. The number of hydrogen-bond acceptors (Lipinski definition) is 4. The maximum atomic E-state index is 13.6. The number of benzene rings is 2. The third-order valence-electron chi connectivity index (χ3n) is 3.03. The Hall–Kier alpha value is -2.60. The summed E-state index contributed by atoms with van der Waals surface area (Å²) < 4.78 is 13.6. The minimum Gasteiger partial charge on any atom is -0.478 e. The summed E-state index contributed by atoms with van der Waals surface area (Å²) >= 11 is 0. The van der Waals surface area contributed by atoms with E-state index in [9.17, 15) is 9.18 Å². The summed E-state index contributed by atoms with van der Waals surface area (Å²) in [5.41, 5.74) is 7.41. The van der Waals surface area contributed by atoms with Gasteiger partial charge in [-0.1, -0.05) is 24.3 Å². The number of rotatable bonds is 5. The summed E-state index contributed by atoms with van der Waals surface area (Å²) in [5.74, 6) is -2.20. The van der Waals surface area contributed by atoms with Gasteiger partial charge in [0, 0.05) is 6.54 Å². The second-order valence-corrected chi connectivity index (χ2v) is 4.56. The van der Waals surface area contributed by atoms with Gasteiger partial charge in [0.15, 0.2) is 0 Å². The lowest BCUT2D eigenvalue weighted by Crippen LogP contribution is -2.07. The molecule has 2 aromatic rings. The van der Waals surface area contributed by atoms with Gasteiger partial charge in [0.1, 0.15) is 5.82 Å². The molecular formula is C15H15FN2O3. The van der Waals surface area contributed by atoms with Gasteiger partial charge in [0.05, 0.1) is 23.5 Å². The maximum absolute atomic E-state index is 13.6. The minimum atomic E-state index is -1.36. The predicted octanol–water partition coefficient (Wildman–Crippen LogP) is 2.21. The zero-order chi connectivity index (χ0) is 15.4. The molecule has 0 aliphatic rings. The van der Waals surface area contributed by atoms with Crippen LogP contribution in [0.1, 0.15) is 21.5 Å². The third-order valence-corrected chi connectivity index (χ3v) is 3.03. The largest absolute Gasteiger partial charge is 0.478 e. The van der Waals surface area contributed by atoms with Crippen molar-refractivity contribution in [2.45, 2.75) is 13.2 Å². The lowest BCUT2D eigenvalue weighted by Gasteiger charge is -2.11. The highest BCUT2D eigenvalue weighted by Crippen LogP contribution is 2.23. The number of anilines is 2. The number of hydrogen-bond donors (Lipinski definition) is 4. The summed E-state index contributed by atoms with van der Waals surface area (Å²) in [5, 5.41) is 20.8. The zero-order valence-corrected chi connectivity index (χ0v) is 11.1. The molecule has 110 valence electrons. The van der Waals surface area contributed by atoms with Crippen LogP contribution in [0.15, 0.2) is 36.4 Å². The normalized spacial score (nSPS) is 10.4. The summed E-state index contributed by atoms with van der Waals surface area (Å²) in [4.78, 5) is 10.8. The van der Waals surface area contributed by atoms with E-state index in [-0.39, 0.29) is 12.3 Å². The predicted molar refractivity (Wildman–Crippen MR) is 77.5 cm³/mol. The third kappa shape index (κ3) is 3.49. The van der Waals surface area contributed by atoms with Gasteiger partial charge < -0.3 is 21.3 Å². The minimum absolute atomic E-state index is 0.0576. The van der Waals surface area contributed by atoms with Crippen LogP contribution in [0.2, 0.25) is 0 Å². The molecule has 0 radical (unpaired) electrons. The molecule has 5 nitrogen and oxygen atoms in total. The van der Waals surface area contributed by atoms with E-state index >= 15 is 0 Å². The van der Waals surface area contributed by atoms with Crippen LogP contribution >= 0.6 is 0 Å². The molecule has 6 heteroatoms. The average molecular weight is 290 g/mol. The summed E-state index contributed by atoms with van der Waals surface area (Å²) in [6.07, 6.45) is 0. The van der Waals surface area contributed by atoms with Crippen LogP contribution in [0.3, 0.4) is 0 Å². The second kappa shape index (κ2) is 6.23. The van der Waals surface area contributed by atoms with Crippen molar-refractivity contribution in [3.05, 3.63) is 58.9 Å². The van der Waals surface area contributed by atoms with Crippen molar-refractivity contribution in [3.63, 3.8) is 0 Å². The first-order valence-corrected chi connectivity index (χ1v) is 6.26. The fourth-order valence-corrected chi connectivity index (χ4v) is 1.94. The molecule has 0 unspecified atom stereocenters. The number of carboxylic acids is 1. The molecule has 21 heavy (non-hydrogen) atoms. The number of nitrogens with two attached hydrogens (primary N) is 1. The summed E-state index contributed by atoms with van der Waals surface area (Å²) in [6, 6.07) is 9.41. The van der Waals surface area contributed by atoms with Crippen LogP contribution in [-0.2, 0) is 13.2 Å². The van der Waals surface area contributed by atoms with E-state index in [0.29, 0.717) is 12.2 Å². The Kier molecular flexibility index (Phi) is 4.39. The van der Waals surface area contributed by atoms with Crippen molar-refractivity contribution in [1.82, 2.24) is 0 Å². The number of carboxylic acid groups (broad SMARTS) is 1. The number of carbonyl (C=O) groups is 1. The van der Waals surface area contributed by atoms with Gasteiger partial charge in [-0.05, 0) is 23.3 Å². The molecule has 0 aliphatic heterocycles. The molecule has 0 fully saturated rings. The van der Waals surface area contributed by atoms with Gasteiger partial charge in [-0.3, -0.25) is 0 Å². The van der Waals surface area contributed by atoms with Gasteiger partial charge in [0.2, 0.25) is 0 Å². The summed E-state index contributed by atoms with van der Waals surface area (Å²) in [6.45, 7) is 0.321. The number of nitrogen functional groups attached to an aromatic ring is 1. The summed E-state index contributed by atoms with van der Waals surface area (Å²) in [7, 11) is 0. The van der Waals surface area contributed by atoms with Gasteiger partial charge in [-0.15, -0.1) is 0 Å². The topological polar surface area (TPSA) is 95.6 Å². The lowest BCUT2D eigenvalue weighted by molar-refractivity contribution is 0.0692. The van der Waals surface area contributed by atoms with Crippen molar-refractivity contribution < 1.29 is 19.4 Å². The molecule has 0 bridgehead atoms. The average Bonchev–Trinajstić information content (AvgIpc) is 2.47. The molecular weight excluding hydrogens is 275 g/mol. The number of halogens is 1. The lowest BCUT2D eigenvalue weighted by atomic mass is 10.1. The molecule has 0 spiro atoms. The highest BCUT2D eigenvalue weighted by atomic mass is 19.1. The number of aliphatic hydroxyl groups is 1. The SMILES string of the molecule is Nc1cc(C(=O)O)c(F)cc1NCc1cccc(CO)c1. The Labute approximate surface area is 120 Å². The smallest absolute Gasteiger partial charge is 0.338 e. The molecule has 0 amide bonds. The number of aromatic carboxylic acids is 1. The van der Waals surface area contributed by atoms with Gasteiger partial charge in [-0.25, -0.2) is 9.18 Å². The van der Waals surface area contributed by atoms with Crippen LogP contribution in [-0.4, -0.2) is 16.2 Å². The Balaban J connectivity index is 2.16. The van der Waals surface area contributed by atoms with Crippen molar-refractivity contribution >= 4 is 17.3 Å². The molecule has 0 heterocycles. The first-order valence-electron chi connectivity index (χ1n) is 6.26. The Morgan fingerprint density at radius 1 is 1.24 bits per heavy atom. The monoisotopic (exact) mass is 290 g/mol. The second-order valence-electron chi connectivity index (χ2n) is 4.56. The van der Waals surface area contributed by atoms with E-state index in [4.69, 9.17) is 15.9 Å². The fourth-order valence-electron chi connectivity index (χ4n) is 1.94. The van der Waals surface area contributed by atoms with Crippen LogP contribution in [0.5, 0.6) is 0 Å². The maximum Gasteiger partial charge on any atom is 0.338 e. The van der Waals surface area contributed by atoms with Gasteiger partial charge in [-0.2, -0.15) is 0 Å². The van der Waals surface area contributed by atoms with Gasteiger partial charge in [0.25, 0.3) is 0 Å². The van der Waals surface area contributed by atoms with E-state index in [1.54, 1.807) is 12.1 Å². The molecule has 0 saturated heterocycles. The van der Waals surface area contributed by atoms with Crippen molar-refractivity contribution in [2.24, 2.45) is 0 Å². The molecule has 0 aromatic heterocycles. The molecule has 0 saturated carbocycles. The van der Waals surface area contributed by atoms with Gasteiger partial charge >= 0.3 is 5.97 Å². The van der Waals surface area contributed by atoms with Crippen LogP contribution in [0.4, 0.5) is 15.8 Å². The number of nitrogens with one attached hydrogen (secondary N) is 1. The Morgan fingerprint density at radius 3 is 2.62 bits per heavy atom. The molecule has 5 N–H and O–H groups in total. The molecule has 2 aromatic carbocycles. The first kappa shape index (κ1) is 14.8. The van der Waals surface area contributed by atoms with Crippen LogP contribution in [0.25, 0.3) is 0 Å². The van der Waals surface area contributed by atoms with Crippen molar-refractivity contribution in [1.29, 1.82) is 0 Å². The van der Waals surface area contributed by atoms with Crippen LogP contribution < -0.4 is 11.1 Å². The van der Waals surface area contributed by atoms with Crippen molar-refractivity contribution in [2.75, 3.05) is 11.1 Å². The van der Waals surface area contributed by atoms with Crippen LogP contribution in [0, 0.1) is 5.82 Å². The zero-order valence-electron chi connectivity index (χ0n) is 11.1. The van der Waals surface area contributed by atoms with E-state index in [2.05, 4.69) is 5.32 Å². The molecule has 0 atom stereocenters. The highest BCUT2D eigenvalue weighted by molar-refractivity contribution is 5.90. The standard InChI is InChI=1S/C15H15FN2O3/c16-12-6-14(13(17)5-11(12)15(20)21)18-7-9-2-1-3-10(4-9)8-19/h1-6,18-19H,7-8,17H2,(H,20,21). The van der Waals surface area contributed by atoms with E-state index in [0.717, 1.165) is 23.3 Å². The van der Waals surface area contributed by atoms with E-state index < -0.39 is 17.3 Å². The van der Waals surface area contributed by atoms with E-state index in [1.165, 1.54) is 0 Å². The quantitative estimate of drug-likeness (QED) is 0.633. The Bertz CT molecular complexity index is 674. The van der Waals surface area contributed by atoms with Crippen molar-refractivity contribution in [3.8, 4) is 0 Å².